The zero-order chi connectivity index (χ0) is 16.1. The number of ether oxygens (including phenoxy) is 1. The van der Waals surface area contributed by atoms with Gasteiger partial charge >= 0.3 is 0 Å². The molecule has 0 saturated heterocycles. The molecule has 0 radical (unpaired) electrons. The van der Waals surface area contributed by atoms with Crippen LogP contribution in [-0.2, 0) is 0 Å². The number of hydrogen-bond acceptors (Lipinski definition) is 3. The highest BCUT2D eigenvalue weighted by molar-refractivity contribution is 14.1. The first-order valence-electron chi connectivity index (χ1n) is 6.21. The fourth-order valence-electron chi connectivity index (χ4n) is 1.71. The molecule has 22 heavy (non-hydrogen) atoms. The Morgan fingerprint density at radius 3 is 2.59 bits per heavy atom. The first kappa shape index (κ1) is 16.6. The standard InChI is InChI=1S/C15H12FIN2O2S/c1-21-12-8-10(7-11(16)13(12)17)18-15(22)19-14(20)9-5-3-2-4-6-9/h2-8H,1H3,(H2,18,19,20,22). The Morgan fingerprint density at radius 1 is 1.27 bits per heavy atom. The van der Waals surface area contributed by atoms with Crippen LogP contribution >= 0.6 is 34.8 Å². The van der Waals surface area contributed by atoms with Crippen molar-refractivity contribution in [2.24, 2.45) is 0 Å². The molecule has 2 N–H and O–H groups in total. The average molecular weight is 430 g/mol. The van der Waals surface area contributed by atoms with Crippen LogP contribution in [0.2, 0.25) is 0 Å². The van der Waals surface area contributed by atoms with Crippen molar-refractivity contribution in [3.8, 4) is 5.75 Å². The number of nitrogens with one attached hydrogen (secondary N) is 2. The van der Waals surface area contributed by atoms with Crippen LogP contribution in [0.3, 0.4) is 0 Å². The van der Waals surface area contributed by atoms with E-state index in [1.54, 1.807) is 30.3 Å². The molecule has 114 valence electrons. The van der Waals surface area contributed by atoms with Gasteiger partial charge in [0.2, 0.25) is 0 Å². The summed E-state index contributed by atoms with van der Waals surface area (Å²) in [5.41, 5.74) is 0.881. The molecule has 0 bridgehead atoms. The molecule has 0 aliphatic rings. The normalized spacial score (nSPS) is 9.95. The van der Waals surface area contributed by atoms with Gasteiger partial charge in [-0.15, -0.1) is 0 Å². The minimum Gasteiger partial charge on any atom is -0.495 e. The average Bonchev–Trinajstić information content (AvgIpc) is 2.51. The Morgan fingerprint density at radius 2 is 1.95 bits per heavy atom. The molecule has 2 rings (SSSR count). The summed E-state index contributed by atoms with van der Waals surface area (Å²) in [6.07, 6.45) is 0. The maximum absolute atomic E-state index is 13.7. The minimum absolute atomic E-state index is 0.0801. The molecule has 2 aromatic carbocycles. The lowest BCUT2D eigenvalue weighted by atomic mass is 10.2. The van der Waals surface area contributed by atoms with Crippen LogP contribution in [0.25, 0.3) is 0 Å². The van der Waals surface area contributed by atoms with Gasteiger partial charge in [-0.2, -0.15) is 0 Å². The summed E-state index contributed by atoms with van der Waals surface area (Å²) < 4.78 is 19.2. The molecular weight excluding hydrogens is 418 g/mol. The second-order valence-corrected chi connectivity index (χ2v) is 5.74. The summed E-state index contributed by atoms with van der Waals surface area (Å²) in [6, 6.07) is 11.6. The van der Waals surface area contributed by atoms with Gasteiger partial charge in [-0.3, -0.25) is 10.1 Å². The molecule has 4 nitrogen and oxygen atoms in total. The molecule has 0 aromatic heterocycles. The highest BCUT2D eigenvalue weighted by Gasteiger charge is 2.11. The van der Waals surface area contributed by atoms with Gasteiger partial charge in [-0.05, 0) is 53.0 Å². The summed E-state index contributed by atoms with van der Waals surface area (Å²) in [5.74, 6) is -0.379. The number of rotatable bonds is 3. The van der Waals surface area contributed by atoms with Crippen molar-refractivity contribution in [2.45, 2.75) is 0 Å². The monoisotopic (exact) mass is 430 g/mol. The third kappa shape index (κ3) is 4.14. The van der Waals surface area contributed by atoms with Gasteiger partial charge in [-0.1, -0.05) is 18.2 Å². The number of amides is 1. The van der Waals surface area contributed by atoms with Crippen molar-refractivity contribution in [3.63, 3.8) is 0 Å². The molecule has 0 aliphatic carbocycles. The maximum atomic E-state index is 13.7. The Hall–Kier alpha value is -1.74. The molecule has 0 saturated carbocycles. The fourth-order valence-corrected chi connectivity index (χ4v) is 2.45. The van der Waals surface area contributed by atoms with E-state index < -0.39 is 5.82 Å². The van der Waals surface area contributed by atoms with E-state index in [9.17, 15) is 9.18 Å². The zero-order valence-electron chi connectivity index (χ0n) is 11.5. The van der Waals surface area contributed by atoms with Crippen LogP contribution < -0.4 is 15.4 Å². The molecule has 0 aliphatic heterocycles. The fraction of sp³-hybridized carbons (Fsp3) is 0.0667. The number of carbonyl (C=O) groups is 1. The van der Waals surface area contributed by atoms with E-state index in [-0.39, 0.29) is 11.0 Å². The number of hydrogen-bond donors (Lipinski definition) is 2. The first-order valence-corrected chi connectivity index (χ1v) is 7.70. The highest BCUT2D eigenvalue weighted by Crippen LogP contribution is 2.27. The second kappa shape index (κ2) is 7.50. The molecular formula is C15H12FIN2O2S. The van der Waals surface area contributed by atoms with Gasteiger partial charge in [0.05, 0.1) is 10.7 Å². The summed E-state index contributed by atoms with van der Waals surface area (Å²) in [6.45, 7) is 0. The largest absolute Gasteiger partial charge is 0.495 e. The quantitative estimate of drug-likeness (QED) is 0.578. The number of halogens is 2. The van der Waals surface area contributed by atoms with Crippen molar-refractivity contribution in [1.29, 1.82) is 0 Å². The van der Waals surface area contributed by atoms with Crippen molar-refractivity contribution in [1.82, 2.24) is 5.32 Å². The van der Waals surface area contributed by atoms with Gasteiger partial charge in [-0.25, -0.2) is 4.39 Å². The van der Waals surface area contributed by atoms with Crippen molar-refractivity contribution in [2.75, 3.05) is 12.4 Å². The number of thiocarbonyl (C=S) groups is 1. The molecule has 0 heterocycles. The summed E-state index contributed by atoms with van der Waals surface area (Å²) in [5, 5.41) is 5.37. The lowest BCUT2D eigenvalue weighted by Crippen LogP contribution is -2.34. The third-order valence-electron chi connectivity index (χ3n) is 2.74. The molecule has 1 amide bonds. The van der Waals surface area contributed by atoms with Gasteiger partial charge in [0.15, 0.2) is 5.11 Å². The first-order chi connectivity index (χ1) is 10.5. The number of methoxy groups -OCH3 is 1. The van der Waals surface area contributed by atoms with Crippen LogP contribution in [0.1, 0.15) is 10.4 Å². The van der Waals surface area contributed by atoms with Crippen LogP contribution in [0, 0.1) is 9.39 Å². The van der Waals surface area contributed by atoms with Crippen molar-refractivity contribution in [3.05, 3.63) is 57.4 Å². The Kier molecular flexibility index (Phi) is 5.67. The SMILES string of the molecule is COc1cc(NC(=S)NC(=O)c2ccccc2)cc(F)c1I. The van der Waals surface area contributed by atoms with E-state index in [0.29, 0.717) is 20.6 Å². The van der Waals surface area contributed by atoms with Crippen molar-refractivity contribution < 1.29 is 13.9 Å². The molecule has 0 fully saturated rings. The minimum atomic E-state index is -0.431. The van der Waals surface area contributed by atoms with Crippen LogP contribution in [-0.4, -0.2) is 18.1 Å². The lowest BCUT2D eigenvalue weighted by Gasteiger charge is -2.12. The summed E-state index contributed by atoms with van der Waals surface area (Å²) in [7, 11) is 1.45. The van der Waals surface area contributed by atoms with Gasteiger partial charge < -0.3 is 10.1 Å². The number of carbonyl (C=O) groups excluding carboxylic acids is 1. The van der Waals surface area contributed by atoms with Crippen LogP contribution in [0.4, 0.5) is 10.1 Å². The van der Waals surface area contributed by atoms with Crippen LogP contribution in [0.5, 0.6) is 5.75 Å². The molecule has 0 unspecified atom stereocenters. The predicted molar refractivity (Wildman–Crippen MR) is 95.8 cm³/mol. The van der Waals surface area contributed by atoms with Crippen LogP contribution in [0.15, 0.2) is 42.5 Å². The van der Waals surface area contributed by atoms with E-state index in [1.165, 1.54) is 13.2 Å². The predicted octanol–water partition coefficient (Wildman–Crippen LogP) is 3.57. The van der Waals surface area contributed by atoms with Gasteiger partial charge in [0.25, 0.3) is 5.91 Å². The van der Waals surface area contributed by atoms with E-state index >= 15 is 0 Å². The smallest absolute Gasteiger partial charge is 0.257 e. The number of anilines is 1. The third-order valence-corrected chi connectivity index (χ3v) is 3.99. The highest BCUT2D eigenvalue weighted by atomic mass is 127. The van der Waals surface area contributed by atoms with E-state index in [2.05, 4.69) is 10.6 Å². The molecule has 7 heteroatoms. The van der Waals surface area contributed by atoms with Gasteiger partial charge in [0.1, 0.15) is 11.6 Å². The maximum Gasteiger partial charge on any atom is 0.257 e. The van der Waals surface area contributed by atoms with Crippen molar-refractivity contribution >= 4 is 51.5 Å². The molecule has 2 aromatic rings. The van der Waals surface area contributed by atoms with E-state index in [4.69, 9.17) is 17.0 Å². The Balaban J connectivity index is 2.06. The van der Waals surface area contributed by atoms with E-state index in [0.717, 1.165) is 0 Å². The Labute approximate surface area is 146 Å². The van der Waals surface area contributed by atoms with E-state index in [1.807, 2.05) is 28.7 Å². The number of benzene rings is 2. The molecule has 0 atom stereocenters. The molecule has 0 spiro atoms. The summed E-state index contributed by atoms with van der Waals surface area (Å²) >= 11 is 6.91. The zero-order valence-corrected chi connectivity index (χ0v) is 14.5. The van der Waals surface area contributed by atoms with Gasteiger partial charge in [0, 0.05) is 17.3 Å². The summed E-state index contributed by atoms with van der Waals surface area (Å²) in [4.78, 5) is 12.0. The Bertz CT molecular complexity index is 710. The second-order valence-electron chi connectivity index (χ2n) is 4.25. The topological polar surface area (TPSA) is 50.4 Å². The lowest BCUT2D eigenvalue weighted by molar-refractivity contribution is 0.0977.